The van der Waals surface area contributed by atoms with Gasteiger partial charge in [-0.25, -0.2) is 0 Å². The maximum Gasteiger partial charge on any atom is 0.307 e. The Hall–Kier alpha value is -2.34. The zero-order chi connectivity index (χ0) is 18.2. The van der Waals surface area contributed by atoms with Gasteiger partial charge in [-0.2, -0.15) is 0 Å². The van der Waals surface area contributed by atoms with Gasteiger partial charge in [0.15, 0.2) is 0 Å². The maximum absolute atomic E-state index is 12.2. The molecule has 0 aliphatic carbocycles. The van der Waals surface area contributed by atoms with Gasteiger partial charge in [0, 0.05) is 4.88 Å². The molecule has 1 aromatic heterocycles. The summed E-state index contributed by atoms with van der Waals surface area (Å²) in [5, 5.41) is 4.80. The van der Waals surface area contributed by atoms with Crippen LogP contribution in [0.1, 0.15) is 34.9 Å². The van der Waals surface area contributed by atoms with E-state index in [0.29, 0.717) is 0 Å². The molecular formula is C19H23NO4S. The number of amides is 1. The number of methoxy groups -OCH3 is 1. The van der Waals surface area contributed by atoms with E-state index in [9.17, 15) is 9.59 Å². The Morgan fingerprint density at radius 2 is 2.04 bits per heavy atom. The van der Waals surface area contributed by atoms with E-state index in [1.54, 1.807) is 0 Å². The summed E-state index contributed by atoms with van der Waals surface area (Å²) in [6, 6.07) is 9.34. The van der Waals surface area contributed by atoms with Gasteiger partial charge in [-0.3, -0.25) is 9.59 Å². The lowest BCUT2D eigenvalue weighted by Crippen LogP contribution is -2.30. The Kier molecular flexibility index (Phi) is 7.01. The number of esters is 1. The third kappa shape index (κ3) is 5.90. The third-order valence-electron chi connectivity index (χ3n) is 3.74. The molecule has 0 spiro atoms. The van der Waals surface area contributed by atoms with Crippen LogP contribution < -0.4 is 10.1 Å². The number of carbonyl (C=O) groups is 2. The van der Waals surface area contributed by atoms with Crippen LogP contribution in [0.15, 0.2) is 35.7 Å². The van der Waals surface area contributed by atoms with Crippen molar-refractivity contribution in [2.24, 2.45) is 0 Å². The van der Waals surface area contributed by atoms with Crippen molar-refractivity contribution in [3.63, 3.8) is 0 Å². The molecule has 0 saturated heterocycles. The molecule has 1 N–H and O–H groups in total. The molecule has 1 unspecified atom stereocenters. The molecule has 1 aromatic carbocycles. The molecule has 2 rings (SSSR count). The van der Waals surface area contributed by atoms with E-state index in [4.69, 9.17) is 9.47 Å². The normalized spacial score (nSPS) is 11.6. The largest absolute Gasteiger partial charge is 0.493 e. The number of hydrogen-bond donors (Lipinski definition) is 1. The highest BCUT2D eigenvalue weighted by Crippen LogP contribution is 2.23. The molecule has 0 bridgehead atoms. The number of aryl methyl sites for hydroxylation is 2. The number of nitrogens with one attached hydrogen (secondary N) is 1. The van der Waals surface area contributed by atoms with E-state index < -0.39 is 0 Å². The van der Waals surface area contributed by atoms with Gasteiger partial charge in [0.25, 0.3) is 0 Å². The highest BCUT2D eigenvalue weighted by atomic mass is 32.1. The molecule has 0 saturated carbocycles. The average Bonchev–Trinajstić information content (AvgIpc) is 3.10. The minimum atomic E-state index is -0.374. The van der Waals surface area contributed by atoms with Gasteiger partial charge in [0.1, 0.15) is 5.75 Å². The maximum atomic E-state index is 12.2. The van der Waals surface area contributed by atoms with Gasteiger partial charge in [0.05, 0.1) is 32.6 Å². The lowest BCUT2D eigenvalue weighted by molar-refractivity contribution is -0.141. The minimum Gasteiger partial charge on any atom is -0.493 e. The highest BCUT2D eigenvalue weighted by molar-refractivity contribution is 7.10. The lowest BCUT2D eigenvalue weighted by Gasteiger charge is -2.17. The van der Waals surface area contributed by atoms with Crippen LogP contribution >= 0.6 is 11.3 Å². The van der Waals surface area contributed by atoms with Crippen LogP contribution in [0.2, 0.25) is 0 Å². The van der Waals surface area contributed by atoms with Crippen molar-refractivity contribution in [2.45, 2.75) is 32.7 Å². The lowest BCUT2D eigenvalue weighted by atomic mass is 10.1. The summed E-state index contributed by atoms with van der Waals surface area (Å²) in [6.45, 7) is 4.28. The van der Waals surface area contributed by atoms with E-state index in [1.165, 1.54) is 24.0 Å². The van der Waals surface area contributed by atoms with E-state index in [2.05, 4.69) is 5.32 Å². The fraction of sp³-hybridized carbons (Fsp3) is 0.368. The fourth-order valence-corrected chi connectivity index (χ4v) is 3.22. The fourth-order valence-electron chi connectivity index (χ4n) is 2.44. The van der Waals surface area contributed by atoms with Crippen molar-refractivity contribution < 1.29 is 19.1 Å². The highest BCUT2D eigenvalue weighted by Gasteiger charge is 2.19. The molecule has 1 amide bonds. The van der Waals surface area contributed by atoms with Crippen LogP contribution in [0.3, 0.4) is 0 Å². The van der Waals surface area contributed by atoms with E-state index in [-0.39, 0.29) is 37.4 Å². The van der Waals surface area contributed by atoms with Crippen LogP contribution in [0.4, 0.5) is 0 Å². The summed E-state index contributed by atoms with van der Waals surface area (Å²) in [5.74, 6) is 0.264. The topological polar surface area (TPSA) is 64.6 Å². The predicted octanol–water partition coefficient (Wildman–Crippen LogP) is 3.55. The number of ether oxygens (including phenoxy) is 2. The zero-order valence-corrected chi connectivity index (χ0v) is 15.5. The van der Waals surface area contributed by atoms with Crippen molar-refractivity contribution in [3.05, 3.63) is 51.7 Å². The standard InChI is InChI=1S/C19H23NO4S/c1-13-6-7-16(14(2)11-13)24-9-8-18(21)20-15(12-19(22)23-3)17-5-4-10-25-17/h4-7,10-11,15H,8-9,12H2,1-3H3,(H,20,21). The summed E-state index contributed by atoms with van der Waals surface area (Å²) in [7, 11) is 1.34. The first-order valence-corrected chi connectivity index (χ1v) is 8.97. The van der Waals surface area contributed by atoms with Gasteiger partial charge in [-0.15, -0.1) is 11.3 Å². The first kappa shape index (κ1) is 19.0. The molecule has 134 valence electrons. The number of hydrogen-bond acceptors (Lipinski definition) is 5. The SMILES string of the molecule is COC(=O)CC(NC(=O)CCOc1ccc(C)cc1C)c1cccs1. The molecule has 1 atom stereocenters. The molecule has 0 aliphatic heterocycles. The molecular weight excluding hydrogens is 338 g/mol. The number of carbonyl (C=O) groups excluding carboxylic acids is 2. The van der Waals surface area contributed by atoms with E-state index in [1.807, 2.05) is 49.6 Å². The minimum absolute atomic E-state index is 0.112. The van der Waals surface area contributed by atoms with Crippen LogP contribution in [-0.2, 0) is 14.3 Å². The zero-order valence-electron chi connectivity index (χ0n) is 14.7. The quantitative estimate of drug-likeness (QED) is 0.730. The molecule has 5 nitrogen and oxygen atoms in total. The Morgan fingerprint density at radius 3 is 2.68 bits per heavy atom. The van der Waals surface area contributed by atoms with Crippen LogP contribution in [-0.4, -0.2) is 25.6 Å². The van der Waals surface area contributed by atoms with E-state index in [0.717, 1.165) is 16.2 Å². The monoisotopic (exact) mass is 361 g/mol. The second-order valence-corrected chi connectivity index (χ2v) is 6.76. The third-order valence-corrected chi connectivity index (χ3v) is 4.72. The molecule has 0 fully saturated rings. The molecule has 0 radical (unpaired) electrons. The Labute approximate surface area is 152 Å². The van der Waals surface area contributed by atoms with Crippen LogP contribution in [0, 0.1) is 13.8 Å². The summed E-state index contributed by atoms with van der Waals surface area (Å²) < 4.78 is 10.4. The van der Waals surface area contributed by atoms with Gasteiger partial charge >= 0.3 is 5.97 Å². The van der Waals surface area contributed by atoms with Crippen molar-refractivity contribution in [3.8, 4) is 5.75 Å². The van der Waals surface area contributed by atoms with Crippen LogP contribution in [0.5, 0.6) is 5.75 Å². The van der Waals surface area contributed by atoms with Gasteiger partial charge < -0.3 is 14.8 Å². The summed E-state index contributed by atoms with van der Waals surface area (Å²) in [4.78, 5) is 24.7. The Balaban J connectivity index is 1.87. The molecule has 2 aromatic rings. The molecule has 0 aliphatic rings. The van der Waals surface area contributed by atoms with Crippen molar-refractivity contribution in [2.75, 3.05) is 13.7 Å². The van der Waals surface area contributed by atoms with Crippen LogP contribution in [0.25, 0.3) is 0 Å². The summed E-state index contributed by atoms with van der Waals surface area (Å²) in [6.07, 6.45) is 0.330. The Morgan fingerprint density at radius 1 is 1.24 bits per heavy atom. The predicted molar refractivity (Wildman–Crippen MR) is 97.9 cm³/mol. The molecule has 6 heteroatoms. The summed E-state index contributed by atoms with van der Waals surface area (Å²) >= 11 is 1.50. The number of benzene rings is 1. The van der Waals surface area contributed by atoms with Crippen molar-refractivity contribution in [1.29, 1.82) is 0 Å². The van der Waals surface area contributed by atoms with Gasteiger partial charge in [-0.05, 0) is 36.9 Å². The average molecular weight is 361 g/mol. The number of thiophene rings is 1. The first-order valence-electron chi connectivity index (χ1n) is 8.09. The van der Waals surface area contributed by atoms with Crippen molar-refractivity contribution >= 4 is 23.2 Å². The van der Waals surface area contributed by atoms with Gasteiger partial charge in [-0.1, -0.05) is 23.8 Å². The van der Waals surface area contributed by atoms with Crippen molar-refractivity contribution in [1.82, 2.24) is 5.32 Å². The molecule has 25 heavy (non-hydrogen) atoms. The smallest absolute Gasteiger partial charge is 0.307 e. The molecule has 1 heterocycles. The second kappa shape index (κ2) is 9.22. The van der Waals surface area contributed by atoms with Gasteiger partial charge in [0.2, 0.25) is 5.91 Å². The van der Waals surface area contributed by atoms with E-state index >= 15 is 0 Å². The number of rotatable bonds is 8. The Bertz CT molecular complexity index is 712. The first-order chi connectivity index (χ1) is 12.0. The summed E-state index contributed by atoms with van der Waals surface area (Å²) in [5.41, 5.74) is 2.21. The second-order valence-electron chi connectivity index (χ2n) is 5.78.